The maximum absolute atomic E-state index is 5.92. The molecule has 2 aliphatic rings. The number of nitrogen functional groups attached to an aromatic ring is 2. The third kappa shape index (κ3) is 4.75. The van der Waals surface area contributed by atoms with Crippen LogP contribution < -0.4 is 20.9 Å². The fraction of sp³-hybridized carbons (Fsp3) is 0.360. The number of hydrogen-bond donors (Lipinski definition) is 2. The minimum Gasteiger partial charge on any atom is -0.494 e. The SMILES string of the molecule is COc1c(N)cccc1-c1nn(C2CC2)nc1Br.COc1c(N)cccc1-c1nn(C2CC2)nc1C. The van der Waals surface area contributed by atoms with Gasteiger partial charge in [-0.1, -0.05) is 12.1 Å². The molecule has 6 rings (SSSR count). The Labute approximate surface area is 217 Å². The maximum atomic E-state index is 5.92. The molecule has 2 heterocycles. The molecule has 36 heavy (non-hydrogen) atoms. The van der Waals surface area contributed by atoms with Crippen LogP contribution in [0.3, 0.4) is 0 Å². The summed E-state index contributed by atoms with van der Waals surface area (Å²) in [5.74, 6) is 1.31. The molecule has 4 N–H and O–H groups in total. The van der Waals surface area contributed by atoms with Gasteiger partial charge in [-0.05, 0) is 72.8 Å². The molecule has 188 valence electrons. The van der Waals surface area contributed by atoms with Gasteiger partial charge in [-0.25, -0.2) is 0 Å². The van der Waals surface area contributed by atoms with E-state index in [-0.39, 0.29) is 0 Å². The van der Waals surface area contributed by atoms with Gasteiger partial charge in [-0.3, -0.25) is 0 Å². The van der Waals surface area contributed by atoms with Crippen molar-refractivity contribution in [1.82, 2.24) is 30.0 Å². The summed E-state index contributed by atoms with van der Waals surface area (Å²) >= 11 is 3.45. The van der Waals surface area contributed by atoms with Crippen LogP contribution in [0.15, 0.2) is 41.0 Å². The van der Waals surface area contributed by atoms with Crippen molar-refractivity contribution in [3.05, 3.63) is 46.7 Å². The second kappa shape index (κ2) is 9.81. The Kier molecular flexibility index (Phi) is 6.57. The van der Waals surface area contributed by atoms with E-state index in [4.69, 9.17) is 20.9 Å². The molecule has 2 saturated carbocycles. The van der Waals surface area contributed by atoms with Gasteiger partial charge in [-0.2, -0.15) is 24.9 Å². The molecule has 0 saturated heterocycles. The zero-order valence-electron chi connectivity index (χ0n) is 20.5. The second-order valence-corrected chi connectivity index (χ2v) is 9.68. The molecule has 2 aliphatic carbocycles. The fourth-order valence-electron chi connectivity index (χ4n) is 3.99. The largest absolute Gasteiger partial charge is 0.494 e. The normalized spacial score (nSPS) is 14.8. The zero-order valence-corrected chi connectivity index (χ0v) is 22.1. The third-order valence-corrected chi connectivity index (χ3v) is 6.68. The van der Waals surface area contributed by atoms with E-state index in [0.717, 1.165) is 45.7 Å². The molecule has 0 aliphatic heterocycles. The Hall–Kier alpha value is -3.60. The summed E-state index contributed by atoms with van der Waals surface area (Å²) in [5.41, 5.74) is 17.3. The van der Waals surface area contributed by atoms with Gasteiger partial charge in [0.25, 0.3) is 0 Å². The van der Waals surface area contributed by atoms with E-state index in [1.54, 1.807) is 19.0 Å². The molecule has 4 aromatic rings. The number of ether oxygens (including phenoxy) is 2. The summed E-state index contributed by atoms with van der Waals surface area (Å²) < 4.78 is 11.4. The number of aryl methyl sites for hydroxylation is 1. The smallest absolute Gasteiger partial charge is 0.156 e. The van der Waals surface area contributed by atoms with E-state index in [9.17, 15) is 0 Å². The van der Waals surface area contributed by atoms with Gasteiger partial charge >= 0.3 is 0 Å². The van der Waals surface area contributed by atoms with Crippen molar-refractivity contribution in [3.63, 3.8) is 0 Å². The van der Waals surface area contributed by atoms with Gasteiger partial charge in [0.2, 0.25) is 0 Å². The minimum absolute atomic E-state index is 0.446. The average molecular weight is 553 g/mol. The van der Waals surface area contributed by atoms with E-state index in [1.807, 2.05) is 48.1 Å². The van der Waals surface area contributed by atoms with E-state index in [2.05, 4.69) is 36.3 Å². The van der Waals surface area contributed by atoms with Crippen molar-refractivity contribution < 1.29 is 9.47 Å². The predicted molar refractivity (Wildman–Crippen MR) is 142 cm³/mol. The summed E-state index contributed by atoms with van der Waals surface area (Å²) in [6.45, 7) is 1.96. The number of halogens is 1. The molecule has 0 bridgehead atoms. The Bertz CT molecular complexity index is 1290. The number of methoxy groups -OCH3 is 2. The van der Waals surface area contributed by atoms with Crippen molar-refractivity contribution in [2.24, 2.45) is 0 Å². The highest BCUT2D eigenvalue weighted by molar-refractivity contribution is 9.10. The first kappa shape index (κ1) is 24.1. The third-order valence-electron chi connectivity index (χ3n) is 6.14. The monoisotopic (exact) mass is 552 g/mol. The van der Waals surface area contributed by atoms with Crippen LogP contribution in [0.25, 0.3) is 22.5 Å². The molecule has 11 heteroatoms. The first-order valence-corrected chi connectivity index (χ1v) is 12.6. The average Bonchev–Trinajstić information content (AvgIpc) is 3.80. The summed E-state index contributed by atoms with van der Waals surface area (Å²) in [4.78, 5) is 3.58. The highest BCUT2D eigenvalue weighted by atomic mass is 79.9. The number of nitrogens with zero attached hydrogens (tertiary/aromatic N) is 6. The van der Waals surface area contributed by atoms with Crippen LogP contribution >= 0.6 is 15.9 Å². The molecular weight excluding hydrogens is 524 g/mol. The number of para-hydroxylation sites is 2. The van der Waals surface area contributed by atoms with Gasteiger partial charge in [0.1, 0.15) is 11.4 Å². The molecular formula is C25H29BrN8O2. The van der Waals surface area contributed by atoms with Crippen molar-refractivity contribution >= 4 is 27.3 Å². The fourth-order valence-corrected chi connectivity index (χ4v) is 4.45. The number of aromatic nitrogens is 6. The van der Waals surface area contributed by atoms with E-state index >= 15 is 0 Å². The molecule has 0 amide bonds. The van der Waals surface area contributed by atoms with Crippen LogP contribution in [0.1, 0.15) is 43.5 Å². The number of benzene rings is 2. The summed E-state index contributed by atoms with van der Waals surface area (Å²) in [7, 11) is 3.23. The molecule has 2 fully saturated rings. The molecule has 0 atom stereocenters. The van der Waals surface area contributed by atoms with Gasteiger partial charge < -0.3 is 20.9 Å². The lowest BCUT2D eigenvalue weighted by atomic mass is 10.1. The molecule has 2 aromatic heterocycles. The molecule has 0 spiro atoms. The lowest BCUT2D eigenvalue weighted by molar-refractivity contribution is 0.418. The number of nitrogens with two attached hydrogens (primary N) is 2. The topological polar surface area (TPSA) is 132 Å². The van der Waals surface area contributed by atoms with Crippen LogP contribution in [0, 0.1) is 6.92 Å². The molecule has 0 radical (unpaired) electrons. The van der Waals surface area contributed by atoms with Crippen molar-refractivity contribution in [3.8, 4) is 34.0 Å². The van der Waals surface area contributed by atoms with Crippen LogP contribution in [-0.2, 0) is 0 Å². The van der Waals surface area contributed by atoms with Crippen LogP contribution in [0.4, 0.5) is 11.4 Å². The van der Waals surface area contributed by atoms with E-state index < -0.39 is 0 Å². The first-order valence-electron chi connectivity index (χ1n) is 11.8. The Morgan fingerprint density at radius 2 is 1.22 bits per heavy atom. The molecule has 10 nitrogen and oxygen atoms in total. The highest BCUT2D eigenvalue weighted by Crippen LogP contribution is 2.40. The summed E-state index contributed by atoms with van der Waals surface area (Å²) in [6, 6.07) is 12.2. The Morgan fingerprint density at radius 3 is 1.72 bits per heavy atom. The standard InChI is InChI=1S/C13H16N4O.C12H13BrN4O/c1-8-12(16-17(15-8)9-6-7-9)10-4-3-5-11(14)13(10)18-2;1-18-11-8(3-2-4-9(11)14)10-12(13)16-17(15-10)7-5-6-7/h3-5,9H,6-7,14H2,1-2H3;2-4,7H,5-6,14H2,1H3. The zero-order chi connectivity index (χ0) is 25.4. The predicted octanol–water partition coefficient (Wildman–Crippen LogP) is 4.81. The lowest BCUT2D eigenvalue weighted by Crippen LogP contribution is -1.99. The van der Waals surface area contributed by atoms with E-state index in [0.29, 0.717) is 35.0 Å². The highest BCUT2D eigenvalue weighted by Gasteiger charge is 2.29. The lowest BCUT2D eigenvalue weighted by Gasteiger charge is -2.08. The van der Waals surface area contributed by atoms with Crippen LogP contribution in [-0.4, -0.2) is 44.2 Å². The number of rotatable bonds is 6. The van der Waals surface area contributed by atoms with E-state index in [1.165, 1.54) is 12.8 Å². The van der Waals surface area contributed by atoms with Gasteiger partial charge in [0, 0.05) is 11.1 Å². The summed E-state index contributed by atoms with van der Waals surface area (Å²) in [5, 5.41) is 17.9. The maximum Gasteiger partial charge on any atom is 0.156 e. The number of anilines is 2. The van der Waals surface area contributed by atoms with Crippen molar-refractivity contribution in [2.75, 3.05) is 25.7 Å². The van der Waals surface area contributed by atoms with Gasteiger partial charge in [0.15, 0.2) is 16.1 Å². The Morgan fingerprint density at radius 1 is 0.750 bits per heavy atom. The Balaban J connectivity index is 0.000000148. The van der Waals surface area contributed by atoms with Crippen LogP contribution in [0.5, 0.6) is 11.5 Å². The van der Waals surface area contributed by atoms with Crippen molar-refractivity contribution in [2.45, 2.75) is 44.7 Å². The van der Waals surface area contributed by atoms with Crippen LogP contribution in [0.2, 0.25) is 0 Å². The quantitative estimate of drug-likeness (QED) is 0.325. The minimum atomic E-state index is 0.446. The van der Waals surface area contributed by atoms with Gasteiger partial charge in [-0.15, -0.1) is 5.10 Å². The second-order valence-electron chi connectivity index (χ2n) is 8.93. The van der Waals surface area contributed by atoms with Crippen molar-refractivity contribution in [1.29, 1.82) is 0 Å². The first-order chi connectivity index (χ1) is 17.4. The number of hydrogen-bond acceptors (Lipinski definition) is 8. The summed E-state index contributed by atoms with van der Waals surface area (Å²) in [6.07, 6.45) is 4.63. The molecule has 2 aromatic carbocycles. The van der Waals surface area contributed by atoms with Gasteiger partial charge in [0.05, 0.1) is 43.4 Å². The molecule has 0 unspecified atom stereocenters.